The number of aromatic nitrogens is 2. The van der Waals surface area contributed by atoms with Crippen molar-refractivity contribution in [1.29, 1.82) is 0 Å². The molecule has 1 saturated heterocycles. The lowest BCUT2D eigenvalue weighted by Gasteiger charge is -2.26. The van der Waals surface area contributed by atoms with Gasteiger partial charge in [0.05, 0.1) is 36.8 Å². The maximum absolute atomic E-state index is 12.9. The molecular weight excluding hydrogens is 392 g/mol. The number of anilines is 1. The highest BCUT2D eigenvalue weighted by Gasteiger charge is 2.31. The van der Waals surface area contributed by atoms with Crippen LogP contribution in [0, 0.1) is 0 Å². The molecule has 2 aliphatic heterocycles. The Labute approximate surface area is 180 Å². The molecule has 0 radical (unpaired) electrons. The summed E-state index contributed by atoms with van der Waals surface area (Å²) in [5, 5.41) is 7.22. The third kappa shape index (κ3) is 4.40. The van der Waals surface area contributed by atoms with Gasteiger partial charge in [-0.25, -0.2) is 0 Å². The van der Waals surface area contributed by atoms with Crippen LogP contribution >= 0.6 is 0 Å². The summed E-state index contributed by atoms with van der Waals surface area (Å²) in [6.07, 6.45) is 10.2. The van der Waals surface area contributed by atoms with Crippen molar-refractivity contribution in [2.24, 2.45) is 5.10 Å². The van der Waals surface area contributed by atoms with Crippen LogP contribution in [0.15, 0.2) is 65.7 Å². The summed E-state index contributed by atoms with van der Waals surface area (Å²) < 4.78 is 5.38. The number of morpholine rings is 1. The number of ether oxygens (including phenoxy) is 1. The Hall–Kier alpha value is -3.36. The quantitative estimate of drug-likeness (QED) is 0.775. The monoisotopic (exact) mass is 416 g/mol. The number of allylic oxidation sites excluding steroid dienone is 2. The Bertz CT molecular complexity index is 1040. The van der Waals surface area contributed by atoms with Crippen LogP contribution in [0.4, 0.5) is 5.69 Å². The Morgan fingerprint density at radius 1 is 1.23 bits per heavy atom. The molecule has 1 amide bonds. The molecule has 1 aliphatic carbocycles. The van der Waals surface area contributed by atoms with E-state index in [1.165, 1.54) is 0 Å². The van der Waals surface area contributed by atoms with E-state index in [1.807, 2.05) is 36.5 Å². The SMILES string of the molecule is O=C(Nc1ccc(CN2CCOCC2)nc1)C1=NNC2CC=C(c3cccnc3)C=C12. The summed E-state index contributed by atoms with van der Waals surface area (Å²) in [5.74, 6) is -0.239. The van der Waals surface area contributed by atoms with Crippen molar-refractivity contribution in [2.75, 3.05) is 31.6 Å². The molecule has 8 nitrogen and oxygen atoms in total. The average molecular weight is 416 g/mol. The molecule has 2 aromatic heterocycles. The summed E-state index contributed by atoms with van der Waals surface area (Å²) in [6.45, 7) is 4.14. The third-order valence-corrected chi connectivity index (χ3v) is 5.65. The van der Waals surface area contributed by atoms with Crippen molar-refractivity contribution in [3.63, 3.8) is 0 Å². The molecule has 8 heteroatoms. The lowest BCUT2D eigenvalue weighted by atomic mass is 9.90. The highest BCUT2D eigenvalue weighted by Crippen LogP contribution is 2.28. The molecule has 4 heterocycles. The van der Waals surface area contributed by atoms with Gasteiger partial charge in [-0.15, -0.1) is 0 Å². The summed E-state index contributed by atoms with van der Waals surface area (Å²) >= 11 is 0. The third-order valence-electron chi connectivity index (χ3n) is 5.65. The minimum atomic E-state index is -0.239. The number of hydrazone groups is 1. The van der Waals surface area contributed by atoms with Gasteiger partial charge in [-0.3, -0.25) is 19.7 Å². The van der Waals surface area contributed by atoms with Crippen LogP contribution in [0.2, 0.25) is 0 Å². The lowest BCUT2D eigenvalue weighted by Crippen LogP contribution is -2.35. The van der Waals surface area contributed by atoms with Gasteiger partial charge in [0.25, 0.3) is 5.91 Å². The van der Waals surface area contributed by atoms with Gasteiger partial charge in [0, 0.05) is 37.6 Å². The minimum absolute atomic E-state index is 0.0233. The summed E-state index contributed by atoms with van der Waals surface area (Å²) in [6, 6.07) is 7.78. The van der Waals surface area contributed by atoms with E-state index < -0.39 is 0 Å². The van der Waals surface area contributed by atoms with Crippen molar-refractivity contribution in [3.8, 4) is 0 Å². The van der Waals surface area contributed by atoms with E-state index >= 15 is 0 Å². The molecule has 1 unspecified atom stereocenters. The van der Waals surface area contributed by atoms with Crippen LogP contribution in [0.1, 0.15) is 17.7 Å². The standard InChI is InChI=1S/C23H24N6O2/c30-23(26-18-4-5-19(25-14-18)15-29-8-10-31-11-9-29)22-20-12-16(3-6-21(20)27-28-22)17-2-1-7-24-13-17/h1-5,7,12-14,21,27H,6,8-11,15H2,(H,26,30). The minimum Gasteiger partial charge on any atom is -0.379 e. The molecule has 0 aromatic carbocycles. The van der Waals surface area contributed by atoms with Crippen LogP contribution in [0.3, 0.4) is 0 Å². The van der Waals surface area contributed by atoms with Crippen molar-refractivity contribution in [3.05, 3.63) is 71.8 Å². The maximum Gasteiger partial charge on any atom is 0.276 e. The van der Waals surface area contributed by atoms with Gasteiger partial charge in [-0.05, 0) is 41.8 Å². The van der Waals surface area contributed by atoms with E-state index in [4.69, 9.17) is 4.74 Å². The van der Waals surface area contributed by atoms with E-state index in [1.54, 1.807) is 12.4 Å². The second-order valence-corrected chi connectivity index (χ2v) is 7.76. The van der Waals surface area contributed by atoms with Crippen molar-refractivity contribution < 1.29 is 9.53 Å². The average Bonchev–Trinajstić information content (AvgIpc) is 3.25. The van der Waals surface area contributed by atoms with Crippen LogP contribution in [0.5, 0.6) is 0 Å². The number of carbonyl (C=O) groups excluding carboxylic acids is 1. The Kier molecular flexibility index (Phi) is 5.56. The summed E-state index contributed by atoms with van der Waals surface area (Å²) in [7, 11) is 0. The molecule has 0 spiro atoms. The van der Waals surface area contributed by atoms with Crippen molar-refractivity contribution in [1.82, 2.24) is 20.3 Å². The van der Waals surface area contributed by atoms with Crippen molar-refractivity contribution >= 4 is 22.9 Å². The largest absolute Gasteiger partial charge is 0.379 e. The number of pyridine rings is 2. The van der Waals surface area contributed by atoms with Crippen LogP contribution in [0.25, 0.3) is 5.57 Å². The summed E-state index contributed by atoms with van der Waals surface area (Å²) in [5.41, 5.74) is 8.09. The van der Waals surface area contributed by atoms with Gasteiger partial charge in [0.2, 0.25) is 0 Å². The predicted octanol–water partition coefficient (Wildman–Crippen LogP) is 1.99. The van der Waals surface area contributed by atoms with E-state index in [-0.39, 0.29) is 11.9 Å². The van der Waals surface area contributed by atoms with Gasteiger partial charge in [0.1, 0.15) is 0 Å². The lowest BCUT2D eigenvalue weighted by molar-refractivity contribution is -0.110. The zero-order chi connectivity index (χ0) is 21.0. The fraction of sp³-hybridized carbons (Fsp3) is 0.304. The normalized spacial score (nSPS) is 20.8. The van der Waals surface area contributed by atoms with E-state index in [0.29, 0.717) is 11.4 Å². The number of rotatable bonds is 5. The number of fused-ring (bicyclic) bond motifs is 1. The zero-order valence-electron chi connectivity index (χ0n) is 17.1. The van der Waals surface area contributed by atoms with E-state index in [0.717, 1.165) is 61.7 Å². The van der Waals surface area contributed by atoms with Gasteiger partial charge in [0.15, 0.2) is 5.71 Å². The fourth-order valence-corrected chi connectivity index (χ4v) is 3.95. The molecule has 2 aromatic rings. The predicted molar refractivity (Wildman–Crippen MR) is 118 cm³/mol. The first-order valence-electron chi connectivity index (χ1n) is 10.5. The van der Waals surface area contributed by atoms with Gasteiger partial charge in [-0.1, -0.05) is 12.1 Å². The molecule has 3 aliphatic rings. The number of hydrogen-bond acceptors (Lipinski definition) is 7. The molecule has 0 saturated carbocycles. The topological polar surface area (TPSA) is 91.7 Å². The Morgan fingerprint density at radius 3 is 2.90 bits per heavy atom. The van der Waals surface area contributed by atoms with Crippen molar-refractivity contribution in [2.45, 2.75) is 19.0 Å². The van der Waals surface area contributed by atoms with Crippen LogP contribution < -0.4 is 10.7 Å². The first-order valence-corrected chi connectivity index (χ1v) is 10.5. The molecule has 0 bridgehead atoms. The maximum atomic E-state index is 12.9. The van der Waals surface area contributed by atoms with Gasteiger partial charge >= 0.3 is 0 Å². The molecular formula is C23H24N6O2. The van der Waals surface area contributed by atoms with E-state index in [2.05, 4.69) is 36.8 Å². The Morgan fingerprint density at radius 2 is 2.13 bits per heavy atom. The molecule has 1 atom stereocenters. The van der Waals surface area contributed by atoms with Crippen LogP contribution in [-0.4, -0.2) is 58.8 Å². The number of nitrogens with zero attached hydrogens (tertiary/aromatic N) is 4. The van der Waals surface area contributed by atoms with Gasteiger partial charge < -0.3 is 15.5 Å². The number of hydrogen-bond donors (Lipinski definition) is 2. The molecule has 1 fully saturated rings. The number of amides is 1. The first-order chi connectivity index (χ1) is 15.3. The first kappa shape index (κ1) is 19.6. The number of carbonyl (C=O) groups is 1. The van der Waals surface area contributed by atoms with Crippen LogP contribution in [-0.2, 0) is 16.1 Å². The van der Waals surface area contributed by atoms with E-state index in [9.17, 15) is 4.79 Å². The smallest absolute Gasteiger partial charge is 0.276 e. The second kappa shape index (κ2) is 8.79. The highest BCUT2D eigenvalue weighted by atomic mass is 16.5. The zero-order valence-corrected chi connectivity index (χ0v) is 17.1. The molecule has 2 N–H and O–H groups in total. The molecule has 5 rings (SSSR count). The summed E-state index contributed by atoms with van der Waals surface area (Å²) in [4.78, 5) is 23.9. The second-order valence-electron chi connectivity index (χ2n) is 7.76. The molecule has 158 valence electrons. The highest BCUT2D eigenvalue weighted by molar-refractivity contribution is 6.49. The Balaban J connectivity index is 1.25. The molecule has 31 heavy (non-hydrogen) atoms. The number of nitrogens with one attached hydrogen (secondary N) is 2. The van der Waals surface area contributed by atoms with Gasteiger partial charge in [-0.2, -0.15) is 5.10 Å². The fourth-order valence-electron chi connectivity index (χ4n) is 3.95.